The van der Waals surface area contributed by atoms with Gasteiger partial charge in [0.2, 0.25) is 5.91 Å². The molecule has 0 aliphatic heterocycles. The molecular weight excluding hydrogens is 344 g/mol. The van der Waals surface area contributed by atoms with Gasteiger partial charge in [-0.05, 0) is 53.6 Å². The summed E-state index contributed by atoms with van der Waals surface area (Å²) in [5.41, 5.74) is 11.6. The molecule has 5 aromatic rings. The number of nitrogens with zero attached hydrogens (tertiary/aromatic N) is 1. The number of hydrogen-bond donors (Lipinski definition) is 1. The average Bonchev–Trinajstić information content (AvgIpc) is 3.08. The van der Waals surface area contributed by atoms with Gasteiger partial charge in [-0.3, -0.25) is 4.79 Å². The van der Waals surface area contributed by atoms with Crippen molar-refractivity contribution in [2.24, 2.45) is 5.73 Å². The number of para-hydroxylation sites is 1. The van der Waals surface area contributed by atoms with Gasteiger partial charge in [0.05, 0.1) is 11.0 Å². The van der Waals surface area contributed by atoms with Gasteiger partial charge in [0.1, 0.15) is 0 Å². The first-order chi connectivity index (χ1) is 13.7. The minimum Gasteiger partial charge on any atom is -0.366 e. The molecule has 3 heteroatoms. The number of aromatic nitrogens is 1. The maximum atomic E-state index is 11.4. The van der Waals surface area contributed by atoms with Gasteiger partial charge in [0.15, 0.2) is 0 Å². The Morgan fingerprint density at radius 3 is 2.07 bits per heavy atom. The molecule has 2 N–H and O–H groups in total. The van der Waals surface area contributed by atoms with Crippen LogP contribution < -0.4 is 5.73 Å². The molecule has 1 amide bonds. The topological polar surface area (TPSA) is 48.0 Å². The van der Waals surface area contributed by atoms with Crippen LogP contribution in [0.5, 0.6) is 0 Å². The predicted molar refractivity (Wildman–Crippen MR) is 115 cm³/mol. The van der Waals surface area contributed by atoms with Gasteiger partial charge in [-0.2, -0.15) is 0 Å². The second-order valence-electron chi connectivity index (χ2n) is 6.86. The summed E-state index contributed by atoms with van der Waals surface area (Å²) in [6, 6.07) is 32.8. The van der Waals surface area contributed by atoms with Crippen LogP contribution in [0.2, 0.25) is 0 Å². The Morgan fingerprint density at radius 1 is 0.643 bits per heavy atom. The zero-order valence-electron chi connectivity index (χ0n) is 15.2. The third-order valence-corrected chi connectivity index (χ3v) is 5.19. The number of rotatable bonds is 3. The Hall–Kier alpha value is -3.85. The van der Waals surface area contributed by atoms with E-state index in [1.54, 1.807) is 12.1 Å². The van der Waals surface area contributed by atoms with E-state index >= 15 is 0 Å². The highest BCUT2D eigenvalue weighted by atomic mass is 16.1. The second kappa shape index (κ2) is 6.39. The van der Waals surface area contributed by atoms with Crippen molar-refractivity contribution in [3.05, 3.63) is 103 Å². The maximum Gasteiger partial charge on any atom is 0.248 e. The van der Waals surface area contributed by atoms with Crippen LogP contribution in [-0.2, 0) is 0 Å². The van der Waals surface area contributed by atoms with Crippen LogP contribution in [0.25, 0.3) is 38.6 Å². The van der Waals surface area contributed by atoms with Crippen molar-refractivity contribution in [1.29, 1.82) is 0 Å². The van der Waals surface area contributed by atoms with Gasteiger partial charge >= 0.3 is 0 Å². The molecule has 0 bridgehead atoms. The molecule has 0 radical (unpaired) electrons. The van der Waals surface area contributed by atoms with Crippen LogP contribution in [0.1, 0.15) is 10.4 Å². The number of fused-ring (bicyclic) bond motifs is 3. The number of amides is 1. The smallest absolute Gasteiger partial charge is 0.248 e. The van der Waals surface area contributed by atoms with Crippen molar-refractivity contribution in [1.82, 2.24) is 4.57 Å². The molecule has 0 spiro atoms. The van der Waals surface area contributed by atoms with Crippen LogP contribution >= 0.6 is 0 Å². The number of carbonyl (C=O) groups excluding carboxylic acids is 1. The number of primary amides is 1. The molecular formula is C25H18N2O. The van der Waals surface area contributed by atoms with Crippen molar-refractivity contribution >= 4 is 27.7 Å². The monoisotopic (exact) mass is 362 g/mol. The van der Waals surface area contributed by atoms with Crippen molar-refractivity contribution in [3.8, 4) is 16.8 Å². The van der Waals surface area contributed by atoms with E-state index in [1.807, 2.05) is 24.3 Å². The molecule has 0 saturated carbocycles. The largest absolute Gasteiger partial charge is 0.366 e. The molecule has 0 fully saturated rings. The van der Waals surface area contributed by atoms with Gasteiger partial charge in [0.25, 0.3) is 0 Å². The third-order valence-electron chi connectivity index (χ3n) is 5.19. The summed E-state index contributed by atoms with van der Waals surface area (Å²) >= 11 is 0. The standard InChI is InChI=1S/C25H18N2O/c26-25(28)18-10-13-20(14-11-18)27-23-9-5-4-8-21(23)22-16-19(12-15-24(22)27)17-6-2-1-3-7-17/h1-16H,(H2,26,28). The second-order valence-corrected chi connectivity index (χ2v) is 6.86. The molecule has 4 aromatic carbocycles. The predicted octanol–water partition coefficient (Wildman–Crippen LogP) is 5.55. The normalized spacial score (nSPS) is 11.1. The molecule has 1 heterocycles. The number of nitrogens with two attached hydrogens (primary N) is 1. The number of benzene rings is 4. The fraction of sp³-hybridized carbons (Fsp3) is 0. The van der Waals surface area contributed by atoms with Crippen LogP contribution in [0.4, 0.5) is 0 Å². The average molecular weight is 362 g/mol. The zero-order chi connectivity index (χ0) is 19.1. The number of carbonyl (C=O) groups is 1. The van der Waals surface area contributed by atoms with E-state index in [2.05, 4.69) is 65.2 Å². The SMILES string of the molecule is NC(=O)c1ccc(-n2c3ccccc3c3cc(-c4ccccc4)ccc32)cc1. The summed E-state index contributed by atoms with van der Waals surface area (Å²) in [7, 11) is 0. The van der Waals surface area contributed by atoms with Gasteiger partial charge in [0, 0.05) is 22.0 Å². The van der Waals surface area contributed by atoms with E-state index in [9.17, 15) is 4.79 Å². The van der Waals surface area contributed by atoms with Crippen LogP contribution in [0.3, 0.4) is 0 Å². The first kappa shape index (κ1) is 16.3. The van der Waals surface area contributed by atoms with Crippen molar-refractivity contribution < 1.29 is 4.79 Å². The van der Waals surface area contributed by atoms with E-state index in [0.29, 0.717) is 5.56 Å². The molecule has 0 saturated heterocycles. The summed E-state index contributed by atoms with van der Waals surface area (Å²) in [4.78, 5) is 11.4. The molecule has 28 heavy (non-hydrogen) atoms. The summed E-state index contributed by atoms with van der Waals surface area (Å²) < 4.78 is 2.23. The van der Waals surface area contributed by atoms with Crippen LogP contribution in [0, 0.1) is 0 Å². The number of hydrogen-bond acceptors (Lipinski definition) is 1. The summed E-state index contributed by atoms with van der Waals surface area (Å²) in [6.45, 7) is 0. The Bertz CT molecular complexity index is 1320. The molecule has 0 unspecified atom stereocenters. The third kappa shape index (κ3) is 2.57. The van der Waals surface area contributed by atoms with E-state index in [-0.39, 0.29) is 0 Å². The molecule has 5 rings (SSSR count). The van der Waals surface area contributed by atoms with Crippen LogP contribution in [-0.4, -0.2) is 10.5 Å². The van der Waals surface area contributed by atoms with Crippen LogP contribution in [0.15, 0.2) is 97.1 Å². The van der Waals surface area contributed by atoms with Crippen molar-refractivity contribution in [2.45, 2.75) is 0 Å². The molecule has 3 nitrogen and oxygen atoms in total. The Kier molecular flexibility index (Phi) is 3.73. The minimum atomic E-state index is -0.415. The lowest BCUT2D eigenvalue weighted by Gasteiger charge is -2.09. The minimum absolute atomic E-state index is 0.415. The summed E-state index contributed by atoms with van der Waals surface area (Å²) in [5.74, 6) is -0.415. The Morgan fingerprint density at radius 2 is 1.32 bits per heavy atom. The van der Waals surface area contributed by atoms with E-state index in [4.69, 9.17) is 5.73 Å². The molecule has 134 valence electrons. The highest BCUT2D eigenvalue weighted by Crippen LogP contribution is 2.34. The van der Waals surface area contributed by atoms with E-state index in [0.717, 1.165) is 16.7 Å². The van der Waals surface area contributed by atoms with E-state index in [1.165, 1.54) is 21.9 Å². The summed E-state index contributed by atoms with van der Waals surface area (Å²) in [6.07, 6.45) is 0. The fourth-order valence-electron chi connectivity index (χ4n) is 3.84. The first-order valence-electron chi connectivity index (χ1n) is 9.21. The molecule has 0 aliphatic carbocycles. The lowest BCUT2D eigenvalue weighted by Crippen LogP contribution is -2.10. The molecule has 0 aliphatic rings. The fourth-order valence-corrected chi connectivity index (χ4v) is 3.84. The lowest BCUT2D eigenvalue weighted by atomic mass is 10.0. The van der Waals surface area contributed by atoms with Gasteiger partial charge in [-0.25, -0.2) is 0 Å². The Labute approximate surface area is 162 Å². The Balaban J connectivity index is 1.78. The van der Waals surface area contributed by atoms with Gasteiger partial charge in [-0.1, -0.05) is 54.6 Å². The maximum absolute atomic E-state index is 11.4. The van der Waals surface area contributed by atoms with Crippen molar-refractivity contribution in [3.63, 3.8) is 0 Å². The van der Waals surface area contributed by atoms with Gasteiger partial charge < -0.3 is 10.3 Å². The zero-order valence-corrected chi connectivity index (χ0v) is 15.2. The highest BCUT2D eigenvalue weighted by molar-refractivity contribution is 6.10. The molecule has 1 aromatic heterocycles. The van der Waals surface area contributed by atoms with Crippen molar-refractivity contribution in [2.75, 3.05) is 0 Å². The molecule has 0 atom stereocenters. The summed E-state index contributed by atoms with van der Waals surface area (Å²) in [5, 5.41) is 2.41. The first-order valence-corrected chi connectivity index (χ1v) is 9.21. The highest BCUT2D eigenvalue weighted by Gasteiger charge is 2.13. The van der Waals surface area contributed by atoms with E-state index < -0.39 is 5.91 Å². The van der Waals surface area contributed by atoms with Gasteiger partial charge in [-0.15, -0.1) is 0 Å². The lowest BCUT2D eigenvalue weighted by molar-refractivity contribution is 0.100. The quantitative estimate of drug-likeness (QED) is 0.449.